The third-order valence-electron chi connectivity index (χ3n) is 5.03. The van der Waals surface area contributed by atoms with Crippen LogP contribution < -0.4 is 0 Å². The number of aromatic nitrogens is 1. The molecule has 2 atom stereocenters. The van der Waals surface area contributed by atoms with Gasteiger partial charge in [0.1, 0.15) is 5.69 Å². The number of H-pyrrole nitrogens is 1. The minimum Gasteiger partial charge on any atom is -0.462 e. The van der Waals surface area contributed by atoms with Crippen LogP contribution in [0.1, 0.15) is 59.3 Å². The second-order valence-electron chi connectivity index (χ2n) is 7.07. The molecule has 1 amide bonds. The van der Waals surface area contributed by atoms with Crippen LogP contribution in [0, 0.1) is 13.8 Å². The Morgan fingerprint density at radius 2 is 1.86 bits per heavy atom. The first-order valence-electron chi connectivity index (χ1n) is 9.60. The van der Waals surface area contributed by atoms with Crippen molar-refractivity contribution in [3.8, 4) is 0 Å². The smallest absolute Gasteiger partial charge is 0.355 e. The average Bonchev–Trinajstić information content (AvgIpc) is 3.14. The van der Waals surface area contributed by atoms with Gasteiger partial charge < -0.3 is 19.4 Å². The molecule has 1 saturated heterocycles. The van der Waals surface area contributed by atoms with Gasteiger partial charge in [-0.15, -0.1) is 0 Å². The zero-order valence-corrected chi connectivity index (χ0v) is 18.2. The molecule has 162 valence electrons. The molecule has 0 bridgehead atoms. The van der Waals surface area contributed by atoms with Crippen LogP contribution in [0.25, 0.3) is 0 Å². The molecule has 2 heterocycles. The Balaban J connectivity index is 2.13. The maximum atomic E-state index is 12.8. The lowest BCUT2D eigenvalue weighted by Gasteiger charge is -2.29. The molecule has 2 unspecified atom stereocenters. The van der Waals surface area contributed by atoms with Gasteiger partial charge in [0, 0.05) is 18.3 Å². The molecule has 10 heteroatoms. The standard InChI is InChI=1S/C19H28N2O7S/c1-6-21(14-8-9-29(25,26)10-14)17(22)13(5)28-19(24)16-11(3)15(12(4)20-16)18(23)27-7-2/h13-14,20H,6-10H2,1-5H3. The second-order valence-corrected chi connectivity index (χ2v) is 9.30. The van der Waals surface area contributed by atoms with Crippen molar-refractivity contribution in [3.05, 3.63) is 22.5 Å². The van der Waals surface area contributed by atoms with E-state index in [9.17, 15) is 22.8 Å². The average molecular weight is 429 g/mol. The van der Waals surface area contributed by atoms with E-state index in [-0.39, 0.29) is 29.4 Å². The van der Waals surface area contributed by atoms with Crippen LogP contribution in [0.5, 0.6) is 0 Å². The van der Waals surface area contributed by atoms with Crippen molar-refractivity contribution in [2.24, 2.45) is 0 Å². The molecule has 2 rings (SSSR count). The number of esters is 2. The molecule has 1 aromatic heterocycles. The number of nitrogens with zero attached hydrogens (tertiary/aromatic N) is 1. The summed E-state index contributed by atoms with van der Waals surface area (Å²) in [7, 11) is -3.15. The lowest BCUT2D eigenvalue weighted by atomic mass is 10.1. The number of ether oxygens (including phenoxy) is 2. The van der Waals surface area contributed by atoms with Gasteiger partial charge in [-0.25, -0.2) is 18.0 Å². The van der Waals surface area contributed by atoms with Crippen LogP contribution in [0.4, 0.5) is 0 Å². The van der Waals surface area contributed by atoms with Crippen LogP contribution in [0.15, 0.2) is 0 Å². The molecule has 1 aliphatic heterocycles. The summed E-state index contributed by atoms with van der Waals surface area (Å²) in [5, 5.41) is 0. The lowest BCUT2D eigenvalue weighted by Crippen LogP contribution is -2.46. The topological polar surface area (TPSA) is 123 Å². The largest absolute Gasteiger partial charge is 0.462 e. The number of aryl methyl sites for hydroxylation is 1. The predicted octanol–water partition coefficient (Wildman–Crippen LogP) is 1.39. The summed E-state index contributed by atoms with van der Waals surface area (Å²) in [5.41, 5.74) is 1.21. The zero-order valence-electron chi connectivity index (χ0n) is 17.4. The molecular weight excluding hydrogens is 400 g/mol. The fourth-order valence-corrected chi connectivity index (χ4v) is 5.31. The van der Waals surface area contributed by atoms with Crippen LogP contribution in [0.3, 0.4) is 0 Å². The number of hydrogen-bond donors (Lipinski definition) is 1. The molecule has 0 spiro atoms. The zero-order chi connectivity index (χ0) is 21.9. The summed E-state index contributed by atoms with van der Waals surface area (Å²) in [6.45, 7) is 8.65. The van der Waals surface area contributed by atoms with Gasteiger partial charge in [-0.2, -0.15) is 0 Å². The summed E-state index contributed by atoms with van der Waals surface area (Å²) in [6.07, 6.45) is -0.722. The van der Waals surface area contributed by atoms with Crippen molar-refractivity contribution in [3.63, 3.8) is 0 Å². The van der Waals surface area contributed by atoms with E-state index in [4.69, 9.17) is 9.47 Å². The van der Waals surface area contributed by atoms with Gasteiger partial charge in [0.05, 0.1) is 23.7 Å². The minimum atomic E-state index is -3.15. The van der Waals surface area contributed by atoms with E-state index >= 15 is 0 Å². The van der Waals surface area contributed by atoms with E-state index < -0.39 is 39.8 Å². The normalized spacial score (nSPS) is 18.9. The molecule has 1 fully saturated rings. The van der Waals surface area contributed by atoms with Gasteiger partial charge in [0.2, 0.25) is 0 Å². The Morgan fingerprint density at radius 3 is 2.38 bits per heavy atom. The SMILES string of the molecule is CCOC(=O)c1c(C)[nH]c(C(=O)OC(C)C(=O)N(CC)C2CCS(=O)(=O)C2)c1C. The number of carbonyl (C=O) groups is 3. The van der Waals surface area contributed by atoms with Crippen molar-refractivity contribution in [2.45, 2.75) is 53.2 Å². The Morgan fingerprint density at radius 1 is 1.21 bits per heavy atom. The Kier molecular flexibility index (Phi) is 7.10. The Hall–Kier alpha value is -2.36. The van der Waals surface area contributed by atoms with Crippen molar-refractivity contribution in [1.82, 2.24) is 9.88 Å². The van der Waals surface area contributed by atoms with Gasteiger partial charge in [0.25, 0.3) is 5.91 Å². The van der Waals surface area contributed by atoms with Crippen LogP contribution >= 0.6 is 0 Å². The maximum Gasteiger partial charge on any atom is 0.355 e. The molecule has 9 nitrogen and oxygen atoms in total. The number of likely N-dealkylation sites (N-methyl/N-ethyl adjacent to an activating group) is 1. The van der Waals surface area contributed by atoms with Crippen molar-refractivity contribution < 1.29 is 32.3 Å². The molecule has 0 saturated carbocycles. The number of carbonyl (C=O) groups excluding carboxylic acids is 3. The first-order chi connectivity index (χ1) is 13.5. The Labute approximate surface area is 170 Å². The fraction of sp³-hybridized carbons (Fsp3) is 0.632. The number of aromatic amines is 1. The summed E-state index contributed by atoms with van der Waals surface area (Å²) in [6, 6.07) is -0.413. The fourth-order valence-electron chi connectivity index (χ4n) is 3.58. The van der Waals surface area contributed by atoms with Gasteiger partial charge in [-0.1, -0.05) is 0 Å². The molecule has 29 heavy (non-hydrogen) atoms. The molecule has 0 aliphatic carbocycles. The van der Waals surface area contributed by atoms with Crippen molar-refractivity contribution in [2.75, 3.05) is 24.7 Å². The van der Waals surface area contributed by atoms with E-state index in [0.29, 0.717) is 24.2 Å². The van der Waals surface area contributed by atoms with E-state index in [1.807, 2.05) is 0 Å². The third kappa shape index (κ3) is 4.98. The van der Waals surface area contributed by atoms with Gasteiger partial charge in [0.15, 0.2) is 15.9 Å². The molecule has 0 aromatic carbocycles. The van der Waals surface area contributed by atoms with Gasteiger partial charge >= 0.3 is 11.9 Å². The highest BCUT2D eigenvalue weighted by Crippen LogP contribution is 2.22. The monoisotopic (exact) mass is 428 g/mol. The van der Waals surface area contributed by atoms with E-state index in [0.717, 1.165) is 0 Å². The molecular formula is C19H28N2O7S. The molecule has 0 radical (unpaired) electrons. The van der Waals surface area contributed by atoms with E-state index in [2.05, 4.69) is 4.98 Å². The van der Waals surface area contributed by atoms with Gasteiger partial charge in [-0.05, 0) is 46.6 Å². The summed E-state index contributed by atoms with van der Waals surface area (Å²) in [4.78, 5) is 41.7. The van der Waals surface area contributed by atoms with Crippen molar-refractivity contribution in [1.29, 1.82) is 0 Å². The molecule has 1 N–H and O–H groups in total. The van der Waals surface area contributed by atoms with Gasteiger partial charge in [-0.3, -0.25) is 4.79 Å². The molecule has 1 aliphatic rings. The number of amides is 1. The quantitative estimate of drug-likeness (QED) is 0.651. The second kappa shape index (κ2) is 8.98. The first kappa shape index (κ1) is 22.9. The lowest BCUT2D eigenvalue weighted by molar-refractivity contribution is -0.141. The number of hydrogen-bond acceptors (Lipinski definition) is 7. The molecule has 1 aromatic rings. The number of sulfone groups is 1. The maximum absolute atomic E-state index is 12.8. The van der Waals surface area contributed by atoms with Crippen LogP contribution in [0.2, 0.25) is 0 Å². The highest BCUT2D eigenvalue weighted by molar-refractivity contribution is 7.91. The van der Waals surface area contributed by atoms with E-state index in [1.54, 1.807) is 27.7 Å². The number of nitrogens with one attached hydrogen (secondary N) is 1. The first-order valence-corrected chi connectivity index (χ1v) is 11.4. The number of rotatable bonds is 7. The Bertz CT molecular complexity index is 904. The van der Waals surface area contributed by atoms with Crippen LogP contribution in [-0.2, 0) is 24.1 Å². The highest BCUT2D eigenvalue weighted by Gasteiger charge is 2.36. The third-order valence-corrected chi connectivity index (χ3v) is 6.78. The summed E-state index contributed by atoms with van der Waals surface area (Å²) < 4.78 is 33.8. The summed E-state index contributed by atoms with van der Waals surface area (Å²) >= 11 is 0. The summed E-state index contributed by atoms with van der Waals surface area (Å²) in [5.74, 6) is -1.79. The minimum absolute atomic E-state index is 0.0488. The predicted molar refractivity (Wildman–Crippen MR) is 106 cm³/mol. The van der Waals surface area contributed by atoms with E-state index in [1.165, 1.54) is 11.8 Å². The highest BCUT2D eigenvalue weighted by atomic mass is 32.2. The van der Waals surface area contributed by atoms with Crippen molar-refractivity contribution >= 4 is 27.7 Å². The van der Waals surface area contributed by atoms with Crippen LogP contribution in [-0.4, -0.2) is 73.0 Å².